The van der Waals surface area contributed by atoms with Crippen molar-refractivity contribution in [3.8, 4) is 51.0 Å². The molecule has 0 atom stereocenters. The van der Waals surface area contributed by atoms with Crippen molar-refractivity contribution in [2.45, 2.75) is 5.41 Å². The molecular weight excluding hydrogens is 671 g/mol. The zero-order chi connectivity index (χ0) is 36.1. The molecule has 0 fully saturated rings. The summed E-state index contributed by atoms with van der Waals surface area (Å²) in [5.41, 5.74) is 13.7. The van der Waals surface area contributed by atoms with Gasteiger partial charge in [0.25, 0.3) is 0 Å². The maximum absolute atomic E-state index is 6.64. The van der Waals surface area contributed by atoms with Gasteiger partial charge >= 0.3 is 0 Å². The van der Waals surface area contributed by atoms with Crippen molar-refractivity contribution in [3.63, 3.8) is 0 Å². The van der Waals surface area contributed by atoms with E-state index < -0.39 is 5.41 Å². The number of hydrogen-bond acceptors (Lipinski definition) is 3. The largest absolute Gasteiger partial charge is 0.457 e. The Balaban J connectivity index is 1.13. The third-order valence-electron chi connectivity index (χ3n) is 11.7. The van der Waals surface area contributed by atoms with Gasteiger partial charge in [0.15, 0.2) is 5.82 Å². The summed E-state index contributed by atoms with van der Waals surface area (Å²) in [6, 6.07) is 66.9. The van der Waals surface area contributed by atoms with Gasteiger partial charge in [0.1, 0.15) is 11.5 Å². The molecule has 1 aliphatic carbocycles. The summed E-state index contributed by atoms with van der Waals surface area (Å²) in [5.74, 6) is 2.42. The van der Waals surface area contributed by atoms with Crippen LogP contribution < -0.4 is 4.74 Å². The Kier molecular flexibility index (Phi) is 6.23. The number of ether oxygens (including phenoxy) is 1. The highest BCUT2D eigenvalue weighted by Crippen LogP contribution is 2.63. The fraction of sp³-hybridized carbons (Fsp3) is 0.0196. The molecule has 1 aliphatic heterocycles. The van der Waals surface area contributed by atoms with E-state index in [4.69, 9.17) is 14.7 Å². The summed E-state index contributed by atoms with van der Waals surface area (Å²) in [6.45, 7) is 0. The first kappa shape index (κ1) is 30.2. The molecule has 55 heavy (non-hydrogen) atoms. The predicted molar refractivity (Wildman–Crippen MR) is 222 cm³/mol. The second-order valence-electron chi connectivity index (χ2n) is 14.5. The SMILES string of the molecule is c1cc(-c2nc(-c3cccc4c3C3(c5ccccc5Oc5ccccc53)c3ccccc3-4)nc3ccccc23)cc(-n2c3ccccc3c3ccccc32)c1. The summed E-state index contributed by atoms with van der Waals surface area (Å²) >= 11 is 0. The van der Waals surface area contributed by atoms with Crippen LogP contribution in [0.15, 0.2) is 188 Å². The normalized spacial score (nSPS) is 13.4. The van der Waals surface area contributed by atoms with Crippen LogP contribution in [0.1, 0.15) is 22.3 Å². The predicted octanol–water partition coefficient (Wildman–Crippen LogP) is 12.5. The zero-order valence-corrected chi connectivity index (χ0v) is 29.6. The molecule has 0 radical (unpaired) electrons. The molecule has 3 heterocycles. The lowest BCUT2D eigenvalue weighted by atomic mass is 9.65. The minimum Gasteiger partial charge on any atom is -0.457 e. The van der Waals surface area contributed by atoms with Crippen LogP contribution in [0.3, 0.4) is 0 Å². The number of rotatable bonds is 3. The molecule has 4 heteroatoms. The van der Waals surface area contributed by atoms with Crippen LogP contribution in [0.5, 0.6) is 11.5 Å². The molecule has 0 unspecified atom stereocenters. The van der Waals surface area contributed by atoms with E-state index in [1.807, 2.05) is 0 Å². The first-order chi connectivity index (χ1) is 27.3. The Labute approximate surface area is 317 Å². The molecule has 2 aliphatic rings. The van der Waals surface area contributed by atoms with Gasteiger partial charge in [0.2, 0.25) is 0 Å². The molecule has 12 rings (SSSR count). The van der Waals surface area contributed by atoms with Crippen LogP contribution in [0.4, 0.5) is 0 Å². The fourth-order valence-corrected chi connectivity index (χ4v) is 9.51. The second kappa shape index (κ2) is 11.3. The quantitative estimate of drug-likeness (QED) is 0.184. The van der Waals surface area contributed by atoms with Crippen LogP contribution in [0.2, 0.25) is 0 Å². The average Bonchev–Trinajstić information content (AvgIpc) is 3.75. The minimum absolute atomic E-state index is 0.639. The summed E-state index contributed by atoms with van der Waals surface area (Å²) in [7, 11) is 0. The van der Waals surface area contributed by atoms with Gasteiger partial charge in [0.05, 0.1) is 27.7 Å². The van der Waals surface area contributed by atoms with E-state index in [1.54, 1.807) is 0 Å². The molecule has 4 nitrogen and oxygen atoms in total. The molecule has 0 amide bonds. The molecule has 1 spiro atoms. The molecule has 0 bridgehead atoms. The summed E-state index contributed by atoms with van der Waals surface area (Å²) < 4.78 is 9.00. The summed E-state index contributed by atoms with van der Waals surface area (Å²) in [5, 5.41) is 3.49. The van der Waals surface area contributed by atoms with Crippen molar-refractivity contribution in [2.75, 3.05) is 0 Å². The average molecular weight is 702 g/mol. The first-order valence-electron chi connectivity index (χ1n) is 18.8. The molecule has 2 aromatic heterocycles. The van der Waals surface area contributed by atoms with Crippen molar-refractivity contribution in [3.05, 3.63) is 210 Å². The Morgan fingerprint density at radius 3 is 1.75 bits per heavy atom. The van der Waals surface area contributed by atoms with E-state index in [0.717, 1.165) is 56.0 Å². The van der Waals surface area contributed by atoms with Gasteiger partial charge in [-0.15, -0.1) is 0 Å². The van der Waals surface area contributed by atoms with Crippen LogP contribution in [0, 0.1) is 0 Å². The molecule has 0 N–H and O–H groups in total. The summed E-state index contributed by atoms with van der Waals surface area (Å²) in [6.07, 6.45) is 0. The summed E-state index contributed by atoms with van der Waals surface area (Å²) in [4.78, 5) is 10.9. The van der Waals surface area contributed by atoms with E-state index in [1.165, 1.54) is 44.1 Å². The lowest BCUT2D eigenvalue weighted by molar-refractivity contribution is 0.436. The Bertz CT molecular complexity index is 3110. The van der Waals surface area contributed by atoms with Crippen molar-refractivity contribution < 1.29 is 4.74 Å². The molecule has 10 aromatic rings. The molecule has 8 aromatic carbocycles. The zero-order valence-electron chi connectivity index (χ0n) is 29.6. The van der Waals surface area contributed by atoms with Crippen LogP contribution in [0.25, 0.3) is 72.2 Å². The smallest absolute Gasteiger partial charge is 0.160 e. The molecule has 0 saturated carbocycles. The van der Waals surface area contributed by atoms with Gasteiger partial charge in [-0.1, -0.05) is 146 Å². The third-order valence-corrected chi connectivity index (χ3v) is 11.7. The standard InChI is InChI=1S/C51H31N3O/c1-5-23-40-34(17-1)37-21-14-22-39(48(37)51(40)41-24-6-11-29-46(41)55-47-30-12-7-25-42(47)51)50-52-43-26-8-2-20-38(43)49(53-50)32-15-13-16-33(31-32)54-44-27-9-3-18-35(44)36-19-4-10-28-45(36)54/h1-31H. The number of nitrogens with zero attached hydrogens (tertiary/aromatic N) is 3. The van der Waals surface area contributed by atoms with Crippen molar-refractivity contribution in [2.24, 2.45) is 0 Å². The third kappa shape index (κ3) is 4.11. The second-order valence-corrected chi connectivity index (χ2v) is 14.5. The lowest BCUT2D eigenvalue weighted by Crippen LogP contribution is -2.32. The number of fused-ring (bicyclic) bond motifs is 13. The van der Waals surface area contributed by atoms with Gasteiger partial charge in [0, 0.05) is 44.1 Å². The van der Waals surface area contributed by atoms with Crippen molar-refractivity contribution in [1.82, 2.24) is 14.5 Å². The van der Waals surface area contributed by atoms with Gasteiger partial charge in [-0.3, -0.25) is 0 Å². The van der Waals surface area contributed by atoms with Gasteiger partial charge in [-0.25, -0.2) is 9.97 Å². The van der Waals surface area contributed by atoms with Crippen LogP contribution in [-0.2, 0) is 5.41 Å². The van der Waals surface area contributed by atoms with Gasteiger partial charge in [-0.05, 0) is 64.7 Å². The fourth-order valence-electron chi connectivity index (χ4n) is 9.51. The Hall–Kier alpha value is -7.30. The molecule has 256 valence electrons. The van der Waals surface area contributed by atoms with Crippen LogP contribution >= 0.6 is 0 Å². The monoisotopic (exact) mass is 701 g/mol. The Morgan fingerprint density at radius 1 is 0.436 bits per heavy atom. The van der Waals surface area contributed by atoms with E-state index in [0.29, 0.717) is 5.82 Å². The van der Waals surface area contributed by atoms with Crippen molar-refractivity contribution >= 4 is 32.7 Å². The lowest BCUT2D eigenvalue weighted by Gasteiger charge is -2.40. The number of benzene rings is 8. The van der Waals surface area contributed by atoms with Crippen molar-refractivity contribution in [1.29, 1.82) is 0 Å². The van der Waals surface area contributed by atoms with E-state index in [-0.39, 0.29) is 0 Å². The van der Waals surface area contributed by atoms with Gasteiger partial charge < -0.3 is 9.30 Å². The van der Waals surface area contributed by atoms with E-state index in [9.17, 15) is 0 Å². The number of aromatic nitrogens is 3. The van der Waals surface area contributed by atoms with Gasteiger partial charge in [-0.2, -0.15) is 0 Å². The highest BCUT2D eigenvalue weighted by atomic mass is 16.5. The number of para-hydroxylation sites is 5. The number of hydrogen-bond donors (Lipinski definition) is 0. The van der Waals surface area contributed by atoms with Crippen LogP contribution in [-0.4, -0.2) is 14.5 Å². The van der Waals surface area contributed by atoms with E-state index in [2.05, 4.69) is 193 Å². The molecular formula is C51H31N3O. The highest BCUT2D eigenvalue weighted by Gasteiger charge is 2.52. The minimum atomic E-state index is -0.639. The topological polar surface area (TPSA) is 39.9 Å². The Morgan fingerprint density at radius 2 is 1.00 bits per heavy atom. The first-order valence-corrected chi connectivity index (χ1v) is 18.8. The maximum atomic E-state index is 6.64. The maximum Gasteiger partial charge on any atom is 0.160 e. The molecule has 0 saturated heterocycles. The highest BCUT2D eigenvalue weighted by molar-refractivity contribution is 6.09. The van der Waals surface area contributed by atoms with E-state index >= 15 is 0 Å².